The maximum absolute atomic E-state index is 12.0. The molecule has 0 aliphatic heterocycles. The number of para-hydroxylation sites is 1. The van der Waals surface area contributed by atoms with E-state index >= 15 is 0 Å². The van der Waals surface area contributed by atoms with Gasteiger partial charge < -0.3 is 5.32 Å². The van der Waals surface area contributed by atoms with E-state index in [9.17, 15) is 4.79 Å². The van der Waals surface area contributed by atoms with Crippen LogP contribution in [0.3, 0.4) is 0 Å². The van der Waals surface area contributed by atoms with E-state index in [0.717, 1.165) is 25.7 Å². The van der Waals surface area contributed by atoms with Gasteiger partial charge in [-0.3, -0.25) is 4.79 Å². The molecular formula is C14H12N2OS2. The predicted molar refractivity (Wildman–Crippen MR) is 79.8 cm³/mol. The highest BCUT2D eigenvalue weighted by Gasteiger charge is 2.11. The summed E-state index contributed by atoms with van der Waals surface area (Å²) in [7, 11) is 0. The number of carbonyl (C=O) groups is 1. The molecule has 96 valence electrons. The summed E-state index contributed by atoms with van der Waals surface area (Å²) < 4.78 is 1.15. The number of thiophene rings is 1. The number of nitrogens with zero attached hydrogens (tertiary/aromatic N) is 1. The third kappa shape index (κ3) is 2.52. The van der Waals surface area contributed by atoms with E-state index in [1.165, 1.54) is 11.3 Å². The van der Waals surface area contributed by atoms with Crippen molar-refractivity contribution >= 4 is 38.8 Å². The first-order valence-corrected chi connectivity index (χ1v) is 7.60. The van der Waals surface area contributed by atoms with Gasteiger partial charge in [-0.25, -0.2) is 4.98 Å². The van der Waals surface area contributed by atoms with Crippen LogP contribution in [-0.4, -0.2) is 10.9 Å². The van der Waals surface area contributed by atoms with E-state index in [-0.39, 0.29) is 5.91 Å². The van der Waals surface area contributed by atoms with Gasteiger partial charge in [0, 0.05) is 0 Å². The molecule has 0 aliphatic carbocycles. The maximum Gasteiger partial charge on any atom is 0.261 e. The Labute approximate surface area is 118 Å². The highest BCUT2D eigenvalue weighted by Crippen LogP contribution is 2.21. The third-order valence-corrected chi connectivity index (χ3v) is 4.86. The van der Waals surface area contributed by atoms with E-state index in [4.69, 9.17) is 0 Å². The summed E-state index contributed by atoms with van der Waals surface area (Å²) in [5.74, 6) is -0.0215. The molecular weight excluding hydrogens is 276 g/mol. The number of fused-ring (bicyclic) bond motifs is 1. The minimum atomic E-state index is -0.0215. The molecule has 1 aromatic carbocycles. The maximum atomic E-state index is 12.0. The fourth-order valence-electron chi connectivity index (χ4n) is 1.84. The summed E-state index contributed by atoms with van der Waals surface area (Å²) >= 11 is 3.09. The number of hydrogen-bond acceptors (Lipinski definition) is 4. The van der Waals surface area contributed by atoms with E-state index in [1.54, 1.807) is 11.3 Å². The Bertz CT molecular complexity index is 697. The normalized spacial score (nSPS) is 10.8. The Hall–Kier alpha value is -1.72. The van der Waals surface area contributed by atoms with Gasteiger partial charge in [0.15, 0.2) is 0 Å². The predicted octanol–water partition coefficient (Wildman–Crippen LogP) is 3.60. The Morgan fingerprint density at radius 2 is 2.16 bits per heavy atom. The Morgan fingerprint density at radius 3 is 2.89 bits per heavy atom. The highest BCUT2D eigenvalue weighted by atomic mass is 32.1. The average molecular weight is 288 g/mol. The molecule has 1 amide bonds. The summed E-state index contributed by atoms with van der Waals surface area (Å²) in [5, 5.41) is 5.79. The molecule has 0 spiro atoms. The number of nitrogens with one attached hydrogen (secondary N) is 1. The second-order valence-electron chi connectivity index (χ2n) is 4.19. The molecule has 19 heavy (non-hydrogen) atoms. The monoisotopic (exact) mass is 288 g/mol. The van der Waals surface area contributed by atoms with Gasteiger partial charge >= 0.3 is 0 Å². The molecule has 0 saturated heterocycles. The third-order valence-electron chi connectivity index (χ3n) is 2.81. The van der Waals surface area contributed by atoms with Crippen molar-refractivity contribution in [1.82, 2.24) is 10.3 Å². The van der Waals surface area contributed by atoms with Gasteiger partial charge in [0.2, 0.25) is 0 Å². The second-order valence-corrected chi connectivity index (χ2v) is 6.22. The van der Waals surface area contributed by atoms with E-state index < -0.39 is 0 Å². The number of aromatic nitrogens is 1. The van der Waals surface area contributed by atoms with Crippen molar-refractivity contribution in [3.63, 3.8) is 0 Å². The lowest BCUT2D eigenvalue weighted by atomic mass is 10.3. The summed E-state index contributed by atoms with van der Waals surface area (Å²) in [6.45, 7) is 2.43. The molecule has 2 aromatic heterocycles. The molecule has 0 bridgehead atoms. The molecule has 2 heterocycles. The van der Waals surface area contributed by atoms with Gasteiger partial charge in [-0.15, -0.1) is 22.7 Å². The van der Waals surface area contributed by atoms with Crippen LogP contribution in [0.15, 0.2) is 35.7 Å². The van der Waals surface area contributed by atoms with Crippen LogP contribution in [0.1, 0.15) is 20.2 Å². The lowest BCUT2D eigenvalue weighted by Crippen LogP contribution is -2.22. The first-order valence-electron chi connectivity index (χ1n) is 5.91. The van der Waals surface area contributed by atoms with Crippen LogP contribution < -0.4 is 5.32 Å². The second kappa shape index (κ2) is 5.11. The highest BCUT2D eigenvalue weighted by molar-refractivity contribution is 7.18. The van der Waals surface area contributed by atoms with Crippen LogP contribution in [0.4, 0.5) is 0 Å². The topological polar surface area (TPSA) is 42.0 Å². The molecule has 0 radical (unpaired) electrons. The number of hydrogen-bond donors (Lipinski definition) is 1. The summed E-state index contributed by atoms with van der Waals surface area (Å²) in [6.07, 6.45) is 0. The minimum Gasteiger partial charge on any atom is -0.345 e. The fraction of sp³-hybridized carbons (Fsp3) is 0.143. The standard InChI is InChI=1S/C14H12N2OS2/c1-9-6-7-18-13(9)14(17)15-8-12-16-10-4-2-3-5-11(10)19-12/h2-7H,8H2,1H3,(H,15,17). The molecule has 3 rings (SSSR count). The van der Waals surface area contributed by atoms with Gasteiger partial charge in [0.1, 0.15) is 5.01 Å². The van der Waals surface area contributed by atoms with Crippen LogP contribution in [0.2, 0.25) is 0 Å². The molecule has 3 nitrogen and oxygen atoms in total. The minimum absolute atomic E-state index is 0.0215. The largest absolute Gasteiger partial charge is 0.345 e. The van der Waals surface area contributed by atoms with E-state index in [2.05, 4.69) is 10.3 Å². The van der Waals surface area contributed by atoms with Gasteiger partial charge in [-0.2, -0.15) is 0 Å². The zero-order valence-corrected chi connectivity index (χ0v) is 12.0. The number of amides is 1. The van der Waals surface area contributed by atoms with Gasteiger partial charge in [-0.05, 0) is 36.1 Å². The summed E-state index contributed by atoms with van der Waals surface area (Å²) in [6, 6.07) is 9.96. The Balaban J connectivity index is 1.72. The smallest absolute Gasteiger partial charge is 0.261 e. The Morgan fingerprint density at radius 1 is 1.32 bits per heavy atom. The quantitative estimate of drug-likeness (QED) is 0.800. The number of aryl methyl sites for hydroxylation is 1. The van der Waals surface area contributed by atoms with Crippen LogP contribution in [0.5, 0.6) is 0 Å². The van der Waals surface area contributed by atoms with Crippen LogP contribution in [0, 0.1) is 6.92 Å². The lowest BCUT2D eigenvalue weighted by molar-refractivity contribution is 0.0954. The first-order chi connectivity index (χ1) is 9.24. The van der Waals surface area contributed by atoms with Crippen molar-refractivity contribution in [2.75, 3.05) is 0 Å². The first kappa shape index (κ1) is 12.3. The SMILES string of the molecule is Cc1ccsc1C(=O)NCc1nc2ccccc2s1. The van der Waals surface area contributed by atoms with Crippen molar-refractivity contribution < 1.29 is 4.79 Å². The van der Waals surface area contributed by atoms with Gasteiger partial charge in [0.25, 0.3) is 5.91 Å². The van der Waals surface area contributed by atoms with Crippen molar-refractivity contribution in [3.8, 4) is 0 Å². The van der Waals surface area contributed by atoms with Crippen molar-refractivity contribution in [3.05, 3.63) is 51.2 Å². The van der Waals surface area contributed by atoms with Crippen molar-refractivity contribution in [1.29, 1.82) is 0 Å². The van der Waals surface area contributed by atoms with Crippen LogP contribution in [-0.2, 0) is 6.54 Å². The molecule has 0 aliphatic rings. The zero-order chi connectivity index (χ0) is 13.2. The summed E-state index contributed by atoms with van der Waals surface area (Å²) in [4.78, 5) is 17.3. The van der Waals surface area contributed by atoms with E-state index in [1.807, 2.05) is 42.6 Å². The molecule has 0 saturated carbocycles. The van der Waals surface area contributed by atoms with Crippen molar-refractivity contribution in [2.45, 2.75) is 13.5 Å². The fourth-order valence-corrected chi connectivity index (χ4v) is 3.59. The van der Waals surface area contributed by atoms with Crippen molar-refractivity contribution in [2.24, 2.45) is 0 Å². The van der Waals surface area contributed by atoms with Gasteiger partial charge in [-0.1, -0.05) is 12.1 Å². The number of rotatable bonds is 3. The summed E-state index contributed by atoms with van der Waals surface area (Å²) in [5.41, 5.74) is 2.01. The Kier molecular flexibility index (Phi) is 3.31. The lowest BCUT2D eigenvalue weighted by Gasteiger charge is -2.01. The zero-order valence-electron chi connectivity index (χ0n) is 10.3. The van der Waals surface area contributed by atoms with Crippen LogP contribution >= 0.6 is 22.7 Å². The van der Waals surface area contributed by atoms with E-state index in [0.29, 0.717) is 6.54 Å². The number of thiazole rings is 1. The number of benzene rings is 1. The molecule has 5 heteroatoms. The molecule has 0 fully saturated rings. The molecule has 3 aromatic rings. The molecule has 1 N–H and O–H groups in total. The number of carbonyl (C=O) groups excluding carboxylic acids is 1. The molecule has 0 unspecified atom stereocenters. The molecule has 0 atom stereocenters. The van der Waals surface area contributed by atoms with Crippen LogP contribution in [0.25, 0.3) is 10.2 Å². The van der Waals surface area contributed by atoms with Gasteiger partial charge in [0.05, 0.1) is 21.6 Å². The average Bonchev–Trinajstić information content (AvgIpc) is 3.01.